The maximum Gasteiger partial charge on any atom is 0.257 e. The number of rotatable bonds is 10. The summed E-state index contributed by atoms with van der Waals surface area (Å²) in [5, 5.41) is 18.1. The Morgan fingerprint density at radius 3 is 3.00 bits per heavy atom. The molecule has 1 amide bonds. The van der Waals surface area contributed by atoms with E-state index in [9.17, 15) is 4.79 Å². The van der Waals surface area contributed by atoms with E-state index in [1.807, 2.05) is 24.4 Å². The lowest BCUT2D eigenvalue weighted by molar-refractivity contribution is -0.129. The average Bonchev–Trinajstić information content (AvgIpc) is 3.54. The quantitative estimate of drug-likeness (QED) is 0.466. The van der Waals surface area contributed by atoms with Gasteiger partial charge < -0.3 is 9.32 Å². The molecule has 10 heteroatoms. The molecule has 1 fully saturated rings. The molecule has 30 heavy (non-hydrogen) atoms. The fourth-order valence-corrected chi connectivity index (χ4v) is 5.05. The smallest absolute Gasteiger partial charge is 0.257 e. The van der Waals surface area contributed by atoms with Crippen molar-refractivity contribution in [1.82, 2.24) is 30.3 Å². The molecule has 4 rings (SSSR count). The normalized spacial score (nSPS) is 14.4. The topological polar surface area (TPSA) is 101 Å². The number of hydrogen-bond acceptors (Lipinski definition) is 8. The summed E-state index contributed by atoms with van der Waals surface area (Å²) in [5.41, 5.74) is 0. The first-order valence-corrected chi connectivity index (χ1v) is 12.3. The highest BCUT2D eigenvalue weighted by Crippen LogP contribution is 2.27. The zero-order valence-corrected chi connectivity index (χ0v) is 18.7. The zero-order chi connectivity index (χ0) is 20.8. The van der Waals surface area contributed by atoms with Gasteiger partial charge >= 0.3 is 0 Å². The van der Waals surface area contributed by atoms with Crippen LogP contribution in [0.5, 0.6) is 0 Å². The van der Waals surface area contributed by atoms with Gasteiger partial charge in [0.15, 0.2) is 0 Å². The number of carbonyl (C=O) groups is 1. The van der Waals surface area contributed by atoms with Crippen LogP contribution in [0.15, 0.2) is 27.1 Å². The van der Waals surface area contributed by atoms with Crippen LogP contribution in [0.1, 0.15) is 50.7 Å². The molecule has 1 N–H and O–H groups in total. The molecule has 1 aliphatic carbocycles. The second kappa shape index (κ2) is 10.2. The third kappa shape index (κ3) is 5.48. The molecule has 1 aliphatic rings. The highest BCUT2D eigenvalue weighted by Gasteiger charge is 2.20. The largest absolute Gasteiger partial charge is 0.418 e. The number of nitrogens with one attached hydrogen (secondary N) is 1. The van der Waals surface area contributed by atoms with Crippen molar-refractivity contribution in [2.24, 2.45) is 5.92 Å². The van der Waals surface area contributed by atoms with Gasteiger partial charge in [-0.15, -0.1) is 26.6 Å². The number of thiophene rings is 1. The van der Waals surface area contributed by atoms with Gasteiger partial charge in [0.25, 0.3) is 5.89 Å². The zero-order valence-electron chi connectivity index (χ0n) is 17.0. The Kier molecular flexibility index (Phi) is 7.16. The standard InChI is InChI=1S/C20H26N6O2S2/c1-2-9-26(12-17-23-24-19(28-17)15-8-5-10-29-15)18(27)13-30-20-21-16(22-25-20)11-14-6-3-4-7-14/h5,8,10,14H,2-4,6-7,9,11-13H2,1H3,(H,21,22,25). The van der Waals surface area contributed by atoms with Crippen molar-refractivity contribution in [2.75, 3.05) is 12.3 Å². The Labute approximate surface area is 183 Å². The molecule has 3 heterocycles. The summed E-state index contributed by atoms with van der Waals surface area (Å²) in [6.07, 6.45) is 6.99. The minimum absolute atomic E-state index is 0.0138. The lowest BCUT2D eigenvalue weighted by Gasteiger charge is -2.19. The number of aromatic nitrogens is 5. The van der Waals surface area contributed by atoms with Crippen molar-refractivity contribution < 1.29 is 9.21 Å². The molecule has 0 aliphatic heterocycles. The van der Waals surface area contributed by atoms with Crippen LogP contribution in [0.4, 0.5) is 0 Å². The van der Waals surface area contributed by atoms with E-state index >= 15 is 0 Å². The first kappa shape index (κ1) is 21.0. The van der Waals surface area contributed by atoms with E-state index in [0.717, 1.165) is 23.5 Å². The minimum Gasteiger partial charge on any atom is -0.418 e. The number of amides is 1. The Morgan fingerprint density at radius 1 is 1.37 bits per heavy atom. The highest BCUT2D eigenvalue weighted by molar-refractivity contribution is 7.99. The fourth-order valence-electron chi connectivity index (χ4n) is 3.68. The summed E-state index contributed by atoms with van der Waals surface area (Å²) < 4.78 is 5.74. The number of H-pyrrole nitrogens is 1. The maximum absolute atomic E-state index is 12.8. The van der Waals surface area contributed by atoms with E-state index in [0.29, 0.717) is 35.9 Å². The molecule has 1 saturated carbocycles. The number of hydrogen-bond donors (Lipinski definition) is 1. The number of nitrogens with zero attached hydrogens (tertiary/aromatic N) is 5. The van der Waals surface area contributed by atoms with Gasteiger partial charge in [0.05, 0.1) is 17.2 Å². The lowest BCUT2D eigenvalue weighted by atomic mass is 10.0. The molecule has 0 radical (unpaired) electrons. The summed E-state index contributed by atoms with van der Waals surface area (Å²) in [4.78, 5) is 20.0. The van der Waals surface area contributed by atoms with E-state index < -0.39 is 0 Å². The van der Waals surface area contributed by atoms with E-state index in [1.165, 1.54) is 37.4 Å². The molecule has 0 aromatic carbocycles. The molecule has 0 atom stereocenters. The highest BCUT2D eigenvalue weighted by atomic mass is 32.2. The van der Waals surface area contributed by atoms with Crippen molar-refractivity contribution >= 4 is 29.0 Å². The Morgan fingerprint density at radius 2 is 2.23 bits per heavy atom. The Hall–Kier alpha value is -2.20. The SMILES string of the molecule is CCCN(Cc1nnc(-c2cccs2)o1)C(=O)CSc1n[nH]c(CC2CCCC2)n1. The molecule has 3 aromatic rings. The number of thioether (sulfide) groups is 1. The minimum atomic E-state index is 0.0138. The average molecular weight is 447 g/mol. The number of carbonyl (C=O) groups excluding carboxylic acids is 1. The molecule has 8 nitrogen and oxygen atoms in total. The Balaban J connectivity index is 1.30. The van der Waals surface area contributed by atoms with Crippen LogP contribution in [0.2, 0.25) is 0 Å². The first-order valence-electron chi connectivity index (χ1n) is 10.4. The van der Waals surface area contributed by atoms with Gasteiger partial charge in [-0.3, -0.25) is 9.89 Å². The second-order valence-corrected chi connectivity index (χ2v) is 9.39. The van der Waals surface area contributed by atoms with E-state index in [4.69, 9.17) is 4.42 Å². The third-order valence-electron chi connectivity index (χ3n) is 5.16. The van der Waals surface area contributed by atoms with Gasteiger partial charge in [-0.05, 0) is 23.8 Å². The van der Waals surface area contributed by atoms with Crippen molar-refractivity contribution in [3.8, 4) is 10.8 Å². The molecular formula is C20H26N6O2S2. The van der Waals surface area contributed by atoms with Crippen LogP contribution in [-0.4, -0.2) is 48.5 Å². The van der Waals surface area contributed by atoms with Crippen LogP contribution >= 0.6 is 23.1 Å². The van der Waals surface area contributed by atoms with Gasteiger partial charge in [0.2, 0.25) is 17.0 Å². The van der Waals surface area contributed by atoms with E-state index in [-0.39, 0.29) is 11.7 Å². The predicted molar refractivity (Wildman–Crippen MR) is 116 cm³/mol. The molecule has 0 bridgehead atoms. The van der Waals surface area contributed by atoms with Gasteiger partial charge in [0, 0.05) is 13.0 Å². The van der Waals surface area contributed by atoms with Crippen LogP contribution < -0.4 is 0 Å². The molecule has 160 valence electrons. The fraction of sp³-hybridized carbons (Fsp3) is 0.550. The molecular weight excluding hydrogens is 420 g/mol. The first-order chi connectivity index (χ1) is 14.7. The predicted octanol–water partition coefficient (Wildman–Crippen LogP) is 4.18. The molecule has 3 aromatic heterocycles. The van der Waals surface area contributed by atoms with Crippen LogP contribution in [-0.2, 0) is 17.8 Å². The summed E-state index contributed by atoms with van der Waals surface area (Å²) in [6.45, 7) is 2.99. The van der Waals surface area contributed by atoms with Crippen LogP contribution in [0.25, 0.3) is 10.8 Å². The Bertz CT molecular complexity index is 933. The van der Waals surface area contributed by atoms with Gasteiger partial charge in [-0.2, -0.15) is 0 Å². The van der Waals surface area contributed by atoms with E-state index in [2.05, 4.69) is 25.4 Å². The van der Waals surface area contributed by atoms with Crippen molar-refractivity contribution in [3.63, 3.8) is 0 Å². The number of aromatic amines is 1. The van der Waals surface area contributed by atoms with Crippen molar-refractivity contribution in [3.05, 3.63) is 29.2 Å². The summed E-state index contributed by atoms with van der Waals surface area (Å²) in [6, 6.07) is 3.88. The molecule has 0 unspecified atom stereocenters. The van der Waals surface area contributed by atoms with Gasteiger partial charge in [0.1, 0.15) is 5.82 Å². The van der Waals surface area contributed by atoms with Crippen molar-refractivity contribution in [1.29, 1.82) is 0 Å². The molecule has 0 saturated heterocycles. The summed E-state index contributed by atoms with van der Waals surface area (Å²) in [7, 11) is 0. The maximum atomic E-state index is 12.8. The summed E-state index contributed by atoms with van der Waals surface area (Å²) in [5.74, 6) is 2.88. The summed E-state index contributed by atoms with van der Waals surface area (Å²) >= 11 is 2.91. The molecule has 0 spiro atoms. The monoisotopic (exact) mass is 446 g/mol. The lowest BCUT2D eigenvalue weighted by Crippen LogP contribution is -2.32. The third-order valence-corrected chi connectivity index (χ3v) is 6.85. The second-order valence-electron chi connectivity index (χ2n) is 7.50. The van der Waals surface area contributed by atoms with Gasteiger partial charge in [-0.25, -0.2) is 4.98 Å². The van der Waals surface area contributed by atoms with E-state index in [1.54, 1.807) is 16.2 Å². The van der Waals surface area contributed by atoms with Crippen molar-refractivity contribution in [2.45, 2.75) is 57.1 Å². The van der Waals surface area contributed by atoms with Crippen LogP contribution in [0, 0.1) is 5.92 Å². The van der Waals surface area contributed by atoms with Crippen LogP contribution in [0.3, 0.4) is 0 Å². The van der Waals surface area contributed by atoms with Gasteiger partial charge in [-0.1, -0.05) is 50.4 Å².